The molecule has 0 bridgehead atoms. The second-order valence-corrected chi connectivity index (χ2v) is 18.1. The molecule has 0 rings (SSSR count). The van der Waals surface area contributed by atoms with Crippen molar-refractivity contribution in [2.24, 2.45) is 0 Å². The second-order valence-electron chi connectivity index (χ2n) is 18.1. The Morgan fingerprint density at radius 3 is 0.855 bits per heavy atom. The number of unbranched alkanes of at least 4 members (excludes halogenated alkanes) is 18. The van der Waals surface area contributed by atoms with Crippen LogP contribution in [0.4, 0.5) is 0 Å². The number of rotatable bonds is 49. The van der Waals surface area contributed by atoms with E-state index in [4.69, 9.17) is 14.2 Å². The van der Waals surface area contributed by atoms with Crippen molar-refractivity contribution < 1.29 is 28.6 Å². The molecule has 0 amide bonds. The van der Waals surface area contributed by atoms with Gasteiger partial charge in [0.1, 0.15) is 13.2 Å². The lowest BCUT2D eigenvalue weighted by molar-refractivity contribution is -0.166. The number of esters is 3. The Hall–Kier alpha value is -4.19. The van der Waals surface area contributed by atoms with Gasteiger partial charge < -0.3 is 14.2 Å². The number of carbonyl (C=O) groups is 3. The Morgan fingerprint density at radius 1 is 0.304 bits per heavy atom. The standard InChI is InChI=1S/C63H102O6/c1-4-7-10-13-16-19-22-25-27-29-31-33-35-38-41-44-47-50-53-56-62(65)68-59-60(58-67-61(64)55-52-49-46-43-40-37-24-21-18-15-12-9-6-3)69-63(66)57-54-51-48-45-42-39-36-34-32-30-28-26-23-20-17-14-11-8-5-2/h7,9-10,12,16,18-19,21,25,27,31,33,37-38,40-41,46-47,49-50,60H,4-6,8,11,13-15,17,20,22-24,26,28-30,32,34-36,39,42-45,48,51-59H2,1-3H3/b10-7-,12-9-,19-16-,21-18-,27-25-,33-31-,40-37-,41-38-,49-46-,50-47-. The third kappa shape index (κ3) is 54.6. The first kappa shape index (κ1) is 64.8. The van der Waals surface area contributed by atoms with Gasteiger partial charge in [0.2, 0.25) is 0 Å². The first-order valence-electron chi connectivity index (χ1n) is 28.0. The molecule has 0 spiro atoms. The molecule has 1 atom stereocenters. The van der Waals surface area contributed by atoms with E-state index in [2.05, 4.69) is 118 Å². The summed E-state index contributed by atoms with van der Waals surface area (Å²) in [7, 11) is 0. The number of ether oxygens (including phenoxy) is 3. The molecule has 0 aliphatic rings. The van der Waals surface area contributed by atoms with E-state index in [0.717, 1.165) is 83.5 Å². The number of hydrogen-bond acceptors (Lipinski definition) is 6. The van der Waals surface area contributed by atoms with Crippen LogP contribution in [0.25, 0.3) is 0 Å². The maximum atomic E-state index is 12.8. The van der Waals surface area contributed by atoms with Gasteiger partial charge in [-0.1, -0.05) is 258 Å². The van der Waals surface area contributed by atoms with Crippen molar-refractivity contribution in [3.8, 4) is 0 Å². The van der Waals surface area contributed by atoms with Crippen molar-refractivity contribution in [3.05, 3.63) is 122 Å². The zero-order chi connectivity index (χ0) is 50.0. The van der Waals surface area contributed by atoms with Crippen molar-refractivity contribution >= 4 is 17.9 Å². The average Bonchev–Trinajstić information content (AvgIpc) is 3.35. The van der Waals surface area contributed by atoms with Crippen LogP contribution in [-0.4, -0.2) is 37.2 Å². The van der Waals surface area contributed by atoms with Crippen LogP contribution in [-0.2, 0) is 28.6 Å². The highest BCUT2D eigenvalue weighted by Gasteiger charge is 2.19. The van der Waals surface area contributed by atoms with Gasteiger partial charge in [-0.15, -0.1) is 0 Å². The summed E-state index contributed by atoms with van der Waals surface area (Å²) in [4.78, 5) is 38.0. The molecule has 0 radical (unpaired) electrons. The zero-order valence-electron chi connectivity index (χ0n) is 44.5. The number of hydrogen-bond donors (Lipinski definition) is 0. The third-order valence-corrected chi connectivity index (χ3v) is 11.5. The maximum Gasteiger partial charge on any atom is 0.306 e. The van der Waals surface area contributed by atoms with Gasteiger partial charge in [0.05, 0.1) is 0 Å². The van der Waals surface area contributed by atoms with Gasteiger partial charge in [-0.05, 0) is 83.5 Å². The molecule has 0 aliphatic heterocycles. The van der Waals surface area contributed by atoms with Crippen LogP contribution in [0.3, 0.4) is 0 Å². The second kappa shape index (κ2) is 56.4. The van der Waals surface area contributed by atoms with E-state index in [1.165, 1.54) is 103 Å². The van der Waals surface area contributed by atoms with Gasteiger partial charge in [-0.25, -0.2) is 0 Å². The predicted molar refractivity (Wildman–Crippen MR) is 297 cm³/mol. The predicted octanol–water partition coefficient (Wildman–Crippen LogP) is 18.9. The van der Waals surface area contributed by atoms with Gasteiger partial charge in [0, 0.05) is 19.3 Å². The molecule has 0 fully saturated rings. The van der Waals surface area contributed by atoms with Crippen LogP contribution >= 0.6 is 0 Å². The minimum Gasteiger partial charge on any atom is -0.462 e. The molecule has 0 saturated heterocycles. The van der Waals surface area contributed by atoms with Crippen molar-refractivity contribution in [1.82, 2.24) is 0 Å². The van der Waals surface area contributed by atoms with Crippen LogP contribution in [0.15, 0.2) is 122 Å². The van der Waals surface area contributed by atoms with E-state index < -0.39 is 6.10 Å². The molecule has 0 heterocycles. The average molecular weight is 956 g/mol. The molecule has 390 valence electrons. The molecular weight excluding hydrogens is 853 g/mol. The van der Waals surface area contributed by atoms with Crippen LogP contribution in [0.1, 0.15) is 239 Å². The largest absolute Gasteiger partial charge is 0.462 e. The topological polar surface area (TPSA) is 78.9 Å². The highest BCUT2D eigenvalue weighted by atomic mass is 16.6. The lowest BCUT2D eigenvalue weighted by Crippen LogP contribution is -2.30. The van der Waals surface area contributed by atoms with Crippen LogP contribution in [0.2, 0.25) is 0 Å². The van der Waals surface area contributed by atoms with E-state index in [0.29, 0.717) is 19.3 Å². The number of allylic oxidation sites excluding steroid dienone is 20. The van der Waals surface area contributed by atoms with Crippen LogP contribution in [0, 0.1) is 0 Å². The van der Waals surface area contributed by atoms with Crippen LogP contribution in [0.5, 0.6) is 0 Å². The molecule has 6 heteroatoms. The minimum atomic E-state index is -0.839. The fourth-order valence-corrected chi connectivity index (χ4v) is 7.36. The molecule has 0 aliphatic carbocycles. The van der Waals surface area contributed by atoms with Gasteiger partial charge in [0.25, 0.3) is 0 Å². The smallest absolute Gasteiger partial charge is 0.306 e. The lowest BCUT2D eigenvalue weighted by Gasteiger charge is -2.18. The monoisotopic (exact) mass is 955 g/mol. The maximum absolute atomic E-state index is 12.8. The van der Waals surface area contributed by atoms with Gasteiger partial charge in [-0.3, -0.25) is 14.4 Å². The summed E-state index contributed by atoms with van der Waals surface area (Å²) in [5.74, 6) is -1.10. The Morgan fingerprint density at radius 2 is 0.565 bits per heavy atom. The normalized spacial score (nSPS) is 13.0. The molecule has 0 aromatic heterocycles. The summed E-state index contributed by atoms with van der Waals surface area (Å²) in [6, 6.07) is 0. The van der Waals surface area contributed by atoms with Crippen molar-refractivity contribution in [1.29, 1.82) is 0 Å². The van der Waals surface area contributed by atoms with Crippen LogP contribution < -0.4 is 0 Å². The summed E-state index contributed by atoms with van der Waals surface area (Å²) in [6.45, 7) is 6.28. The van der Waals surface area contributed by atoms with E-state index in [1.807, 2.05) is 24.3 Å². The Balaban J connectivity index is 4.54. The fraction of sp³-hybridized carbons (Fsp3) is 0.635. The summed E-state index contributed by atoms with van der Waals surface area (Å²) in [5, 5.41) is 0. The molecule has 0 aromatic carbocycles. The molecule has 69 heavy (non-hydrogen) atoms. The summed E-state index contributed by atoms with van der Waals surface area (Å²) in [5.41, 5.74) is 0. The zero-order valence-corrected chi connectivity index (χ0v) is 44.5. The third-order valence-electron chi connectivity index (χ3n) is 11.5. The van der Waals surface area contributed by atoms with E-state index >= 15 is 0 Å². The quantitative estimate of drug-likeness (QED) is 0.0262. The van der Waals surface area contributed by atoms with Crippen molar-refractivity contribution in [2.75, 3.05) is 13.2 Å². The highest BCUT2D eigenvalue weighted by molar-refractivity contribution is 5.71. The molecule has 0 aromatic rings. The summed E-state index contributed by atoms with van der Waals surface area (Å²) < 4.78 is 16.7. The SMILES string of the molecule is CC/C=C\C/C=C\C/C=C\C/C=C\C/C=C\C/C=C\CCC(=O)OCC(COC(=O)CC/C=C\C/C=C\C/C=C\C/C=C\CC)OC(=O)CCCCCCCCCCCCCCCCCCCCC. The van der Waals surface area contributed by atoms with E-state index in [-0.39, 0.29) is 44.0 Å². The summed E-state index contributed by atoms with van der Waals surface area (Å²) >= 11 is 0. The molecule has 1 unspecified atom stereocenters. The van der Waals surface area contributed by atoms with E-state index in [9.17, 15) is 14.4 Å². The first-order chi connectivity index (χ1) is 34.0. The van der Waals surface area contributed by atoms with Gasteiger partial charge in [0.15, 0.2) is 6.10 Å². The lowest BCUT2D eigenvalue weighted by atomic mass is 10.0. The molecule has 0 N–H and O–H groups in total. The van der Waals surface area contributed by atoms with Crippen molar-refractivity contribution in [3.63, 3.8) is 0 Å². The molecular formula is C63H102O6. The minimum absolute atomic E-state index is 0.140. The Bertz CT molecular complexity index is 1470. The molecule has 0 saturated carbocycles. The van der Waals surface area contributed by atoms with Crippen molar-refractivity contribution in [2.45, 2.75) is 245 Å². The first-order valence-corrected chi connectivity index (χ1v) is 28.0. The summed E-state index contributed by atoms with van der Waals surface area (Å²) in [6.07, 6.45) is 77.9. The Labute approximate surface area is 424 Å². The van der Waals surface area contributed by atoms with E-state index in [1.54, 1.807) is 0 Å². The Kier molecular flexibility index (Phi) is 53.0. The molecule has 6 nitrogen and oxygen atoms in total. The highest BCUT2D eigenvalue weighted by Crippen LogP contribution is 2.15. The van der Waals surface area contributed by atoms with Gasteiger partial charge >= 0.3 is 17.9 Å². The number of carbonyl (C=O) groups excluding carboxylic acids is 3. The van der Waals surface area contributed by atoms with Gasteiger partial charge in [-0.2, -0.15) is 0 Å². The fourth-order valence-electron chi connectivity index (χ4n) is 7.36.